The van der Waals surface area contributed by atoms with Crippen molar-refractivity contribution in [3.8, 4) is 0 Å². The number of hydrogen-bond donors (Lipinski definition) is 2. The Bertz CT molecular complexity index is 240. The van der Waals surface area contributed by atoms with Crippen LogP contribution in [-0.2, 0) is 4.79 Å². The van der Waals surface area contributed by atoms with E-state index in [2.05, 4.69) is 22.5 Å². The van der Waals surface area contributed by atoms with E-state index in [1.807, 2.05) is 0 Å². The van der Waals surface area contributed by atoms with Gasteiger partial charge >= 0.3 is 0 Å². The molecule has 0 aromatic carbocycles. The third-order valence-corrected chi connectivity index (χ3v) is 3.41. The van der Waals surface area contributed by atoms with Crippen LogP contribution < -0.4 is 10.6 Å². The quantitative estimate of drug-likeness (QED) is 0.685. The van der Waals surface area contributed by atoms with E-state index < -0.39 is 0 Å². The minimum atomic E-state index is 0.131. The number of carbonyl (C=O) groups excluding carboxylic acids is 1. The second kappa shape index (κ2) is 5.64. The van der Waals surface area contributed by atoms with Crippen molar-refractivity contribution in [2.45, 2.75) is 44.7 Å². The van der Waals surface area contributed by atoms with Crippen LogP contribution in [0.15, 0.2) is 0 Å². The van der Waals surface area contributed by atoms with Crippen LogP contribution in [0.1, 0.15) is 32.6 Å². The Labute approximate surface area is 97.8 Å². The number of amides is 1. The summed E-state index contributed by atoms with van der Waals surface area (Å²) in [5, 5.41) is 6.24. The molecule has 1 amide bonds. The van der Waals surface area contributed by atoms with Crippen molar-refractivity contribution in [1.29, 1.82) is 0 Å². The first kappa shape index (κ1) is 11.9. The first-order valence-corrected chi connectivity index (χ1v) is 6.53. The Morgan fingerprint density at radius 3 is 2.88 bits per heavy atom. The predicted molar refractivity (Wildman–Crippen MR) is 64.3 cm³/mol. The predicted octanol–water partition coefficient (Wildman–Crippen LogP) is 0.339. The summed E-state index contributed by atoms with van der Waals surface area (Å²) in [6, 6.07) is 1.38. The first-order valence-electron chi connectivity index (χ1n) is 6.53. The number of hydrogen-bond acceptors (Lipinski definition) is 3. The molecule has 1 saturated carbocycles. The third kappa shape index (κ3) is 3.46. The fraction of sp³-hybridized carbons (Fsp3) is 0.917. The van der Waals surface area contributed by atoms with Crippen LogP contribution in [0.4, 0.5) is 0 Å². The fourth-order valence-corrected chi connectivity index (χ4v) is 2.29. The van der Waals surface area contributed by atoms with Gasteiger partial charge in [0.25, 0.3) is 0 Å². The van der Waals surface area contributed by atoms with E-state index in [0.717, 1.165) is 25.6 Å². The van der Waals surface area contributed by atoms with Crippen LogP contribution in [0.3, 0.4) is 0 Å². The minimum Gasteiger partial charge on any atom is -0.355 e. The summed E-state index contributed by atoms with van der Waals surface area (Å²) in [5.41, 5.74) is 0. The molecule has 2 rings (SSSR count). The van der Waals surface area contributed by atoms with E-state index in [-0.39, 0.29) is 5.91 Å². The van der Waals surface area contributed by atoms with Gasteiger partial charge in [-0.2, -0.15) is 0 Å². The average Bonchev–Trinajstić information content (AvgIpc) is 3.03. The van der Waals surface area contributed by atoms with Crippen molar-refractivity contribution < 1.29 is 4.79 Å². The first-order chi connectivity index (χ1) is 7.79. The van der Waals surface area contributed by atoms with Gasteiger partial charge in [-0.3, -0.25) is 9.69 Å². The smallest absolute Gasteiger partial charge is 0.233 e. The lowest BCUT2D eigenvalue weighted by Gasteiger charge is -2.15. The molecule has 0 spiro atoms. The highest BCUT2D eigenvalue weighted by molar-refractivity contribution is 5.77. The summed E-state index contributed by atoms with van der Waals surface area (Å²) in [6.07, 6.45) is 4.95. The molecule has 1 atom stereocenters. The van der Waals surface area contributed by atoms with Crippen LogP contribution >= 0.6 is 0 Å². The molecule has 1 saturated heterocycles. The number of nitrogens with one attached hydrogen (secondary N) is 2. The van der Waals surface area contributed by atoms with Gasteiger partial charge in [0, 0.05) is 31.7 Å². The van der Waals surface area contributed by atoms with Gasteiger partial charge in [0.1, 0.15) is 0 Å². The number of likely N-dealkylation sites (tertiary alicyclic amines) is 1. The molecule has 16 heavy (non-hydrogen) atoms. The molecule has 1 aliphatic heterocycles. The molecule has 2 aliphatic rings. The highest BCUT2D eigenvalue weighted by Gasteiger charge is 2.34. The molecule has 4 nitrogen and oxygen atoms in total. The molecule has 4 heteroatoms. The monoisotopic (exact) mass is 225 g/mol. The van der Waals surface area contributed by atoms with Crippen LogP contribution in [-0.4, -0.2) is 49.1 Å². The maximum Gasteiger partial charge on any atom is 0.233 e. The largest absolute Gasteiger partial charge is 0.355 e. The Morgan fingerprint density at radius 1 is 1.38 bits per heavy atom. The lowest BCUT2D eigenvalue weighted by molar-refractivity contribution is -0.120. The van der Waals surface area contributed by atoms with Gasteiger partial charge in [-0.15, -0.1) is 0 Å². The third-order valence-electron chi connectivity index (χ3n) is 3.41. The normalized spacial score (nSPS) is 25.9. The van der Waals surface area contributed by atoms with E-state index in [1.54, 1.807) is 0 Å². The molecule has 1 unspecified atom stereocenters. The molecule has 2 fully saturated rings. The fourth-order valence-electron chi connectivity index (χ4n) is 2.29. The molecule has 0 aromatic heterocycles. The summed E-state index contributed by atoms with van der Waals surface area (Å²) < 4.78 is 0. The van der Waals surface area contributed by atoms with Crippen LogP contribution in [0, 0.1) is 0 Å². The standard InChI is InChI=1S/C12H23N3O/c1-2-6-13-12(16)8-14-10-5-7-15(9-10)11-3-4-11/h10-11,14H,2-9H2,1H3,(H,13,16). The minimum absolute atomic E-state index is 0.131. The van der Waals surface area contributed by atoms with E-state index in [0.29, 0.717) is 12.6 Å². The molecular weight excluding hydrogens is 202 g/mol. The van der Waals surface area contributed by atoms with Gasteiger partial charge in [-0.05, 0) is 25.7 Å². The topological polar surface area (TPSA) is 44.4 Å². The molecule has 1 aliphatic carbocycles. The van der Waals surface area contributed by atoms with E-state index >= 15 is 0 Å². The molecule has 92 valence electrons. The summed E-state index contributed by atoms with van der Waals surface area (Å²) in [4.78, 5) is 14.0. The highest BCUT2D eigenvalue weighted by Crippen LogP contribution is 2.29. The molecule has 0 radical (unpaired) electrons. The lowest BCUT2D eigenvalue weighted by Crippen LogP contribution is -2.40. The SMILES string of the molecule is CCCNC(=O)CNC1CCN(C2CC2)C1. The van der Waals surface area contributed by atoms with E-state index in [1.165, 1.54) is 25.8 Å². The summed E-state index contributed by atoms with van der Waals surface area (Å²) in [7, 11) is 0. The Hall–Kier alpha value is -0.610. The number of nitrogens with zero attached hydrogens (tertiary/aromatic N) is 1. The summed E-state index contributed by atoms with van der Waals surface area (Å²) in [5.74, 6) is 0.131. The van der Waals surface area contributed by atoms with Crippen molar-refractivity contribution in [3.63, 3.8) is 0 Å². The van der Waals surface area contributed by atoms with E-state index in [4.69, 9.17) is 0 Å². The van der Waals surface area contributed by atoms with Gasteiger partial charge in [0.15, 0.2) is 0 Å². The van der Waals surface area contributed by atoms with Crippen molar-refractivity contribution in [2.75, 3.05) is 26.2 Å². The summed E-state index contributed by atoms with van der Waals surface area (Å²) in [6.45, 7) is 5.67. The zero-order chi connectivity index (χ0) is 11.4. The second-order valence-corrected chi connectivity index (χ2v) is 4.94. The van der Waals surface area contributed by atoms with Crippen molar-refractivity contribution in [2.24, 2.45) is 0 Å². The maximum atomic E-state index is 11.4. The van der Waals surface area contributed by atoms with E-state index in [9.17, 15) is 4.79 Å². The average molecular weight is 225 g/mol. The van der Waals surface area contributed by atoms with Crippen LogP contribution in [0.2, 0.25) is 0 Å². The zero-order valence-electron chi connectivity index (χ0n) is 10.2. The highest BCUT2D eigenvalue weighted by atomic mass is 16.1. The lowest BCUT2D eigenvalue weighted by atomic mass is 10.2. The maximum absolute atomic E-state index is 11.4. The van der Waals surface area contributed by atoms with Crippen molar-refractivity contribution >= 4 is 5.91 Å². The molecule has 0 aromatic rings. The van der Waals surface area contributed by atoms with Gasteiger partial charge in [-0.25, -0.2) is 0 Å². The Balaban J connectivity index is 1.58. The summed E-state index contributed by atoms with van der Waals surface area (Å²) >= 11 is 0. The van der Waals surface area contributed by atoms with Crippen LogP contribution in [0.5, 0.6) is 0 Å². The zero-order valence-corrected chi connectivity index (χ0v) is 10.2. The number of carbonyl (C=O) groups is 1. The van der Waals surface area contributed by atoms with Gasteiger partial charge in [0.05, 0.1) is 6.54 Å². The molecule has 1 heterocycles. The van der Waals surface area contributed by atoms with Crippen molar-refractivity contribution in [1.82, 2.24) is 15.5 Å². The Morgan fingerprint density at radius 2 is 2.19 bits per heavy atom. The molecule has 0 bridgehead atoms. The van der Waals surface area contributed by atoms with Gasteiger partial charge in [-0.1, -0.05) is 6.92 Å². The van der Waals surface area contributed by atoms with Gasteiger partial charge in [0.2, 0.25) is 5.91 Å². The van der Waals surface area contributed by atoms with Gasteiger partial charge < -0.3 is 10.6 Å². The molecular formula is C12H23N3O. The van der Waals surface area contributed by atoms with Crippen molar-refractivity contribution in [3.05, 3.63) is 0 Å². The second-order valence-electron chi connectivity index (χ2n) is 4.94. The number of rotatable bonds is 6. The molecule has 2 N–H and O–H groups in total. The Kier molecular flexibility index (Phi) is 4.18. The van der Waals surface area contributed by atoms with Crippen LogP contribution in [0.25, 0.3) is 0 Å².